The van der Waals surface area contributed by atoms with Gasteiger partial charge in [0.15, 0.2) is 11.6 Å². The highest BCUT2D eigenvalue weighted by Gasteiger charge is 2.44. The molecule has 0 aromatic carbocycles. The van der Waals surface area contributed by atoms with Gasteiger partial charge in [0.25, 0.3) is 0 Å². The molecule has 5 nitrogen and oxygen atoms in total. The maximum Gasteiger partial charge on any atom is 0.189 e. The summed E-state index contributed by atoms with van der Waals surface area (Å²) >= 11 is 0. The second-order valence-electron chi connectivity index (χ2n) is 3.40. The number of carbonyl (C=O) groups is 1. The van der Waals surface area contributed by atoms with Crippen molar-refractivity contribution in [1.82, 2.24) is 0 Å². The zero-order valence-corrected chi connectivity index (χ0v) is 7.69. The van der Waals surface area contributed by atoms with Crippen molar-refractivity contribution in [2.75, 3.05) is 13.2 Å². The minimum Gasteiger partial charge on any atom is -0.394 e. The van der Waals surface area contributed by atoms with Crippen LogP contribution in [0.5, 0.6) is 0 Å². The molecule has 76 valence electrons. The average molecular weight is 190 g/mol. The van der Waals surface area contributed by atoms with Crippen molar-refractivity contribution in [2.45, 2.75) is 31.8 Å². The molecule has 0 saturated carbocycles. The average Bonchev–Trinajstić information content (AvgIpc) is 2.39. The van der Waals surface area contributed by atoms with E-state index in [0.29, 0.717) is 0 Å². The van der Waals surface area contributed by atoms with E-state index in [1.54, 1.807) is 13.8 Å². The van der Waals surface area contributed by atoms with E-state index in [2.05, 4.69) is 0 Å². The lowest BCUT2D eigenvalue weighted by Crippen LogP contribution is -2.35. The lowest BCUT2D eigenvalue weighted by Gasteiger charge is -2.16. The maximum absolute atomic E-state index is 11.1. The molecule has 0 spiro atoms. The lowest BCUT2D eigenvalue weighted by molar-refractivity contribution is -0.157. The van der Waals surface area contributed by atoms with Gasteiger partial charge in [-0.15, -0.1) is 0 Å². The molecule has 2 atom stereocenters. The van der Waals surface area contributed by atoms with E-state index in [0.717, 1.165) is 0 Å². The van der Waals surface area contributed by atoms with Gasteiger partial charge in [0, 0.05) is 0 Å². The van der Waals surface area contributed by atoms with Crippen LogP contribution in [-0.2, 0) is 14.3 Å². The number of ether oxygens (including phenoxy) is 2. The summed E-state index contributed by atoms with van der Waals surface area (Å²) in [6, 6.07) is 0. The minimum atomic E-state index is -0.872. The summed E-state index contributed by atoms with van der Waals surface area (Å²) in [5.74, 6) is -1.34. The van der Waals surface area contributed by atoms with E-state index in [4.69, 9.17) is 19.7 Å². The Morgan fingerprint density at radius 3 is 2.46 bits per heavy atom. The standard InChI is InChI=1S/C8H14O5/c1-8(2)12-6(4-10)7(13-8)5(11)3-9/h6-7,9-10H,3-4H2,1-2H3/t6-,7+/m1/s1. The molecule has 0 bridgehead atoms. The van der Waals surface area contributed by atoms with Crippen LogP contribution in [0.15, 0.2) is 0 Å². The number of rotatable bonds is 3. The van der Waals surface area contributed by atoms with E-state index in [-0.39, 0.29) is 6.61 Å². The van der Waals surface area contributed by atoms with E-state index in [1.165, 1.54) is 0 Å². The van der Waals surface area contributed by atoms with Crippen LogP contribution < -0.4 is 0 Å². The third-order valence-corrected chi connectivity index (χ3v) is 1.84. The fourth-order valence-corrected chi connectivity index (χ4v) is 1.33. The summed E-state index contributed by atoms with van der Waals surface area (Å²) in [4.78, 5) is 11.1. The molecule has 1 aliphatic rings. The van der Waals surface area contributed by atoms with Crippen LogP contribution >= 0.6 is 0 Å². The van der Waals surface area contributed by atoms with Gasteiger partial charge in [-0.2, -0.15) is 0 Å². The normalized spacial score (nSPS) is 32.0. The molecular weight excluding hydrogens is 176 g/mol. The molecule has 1 rings (SSSR count). The largest absolute Gasteiger partial charge is 0.394 e. The van der Waals surface area contributed by atoms with Gasteiger partial charge in [-0.05, 0) is 13.8 Å². The number of hydrogen-bond donors (Lipinski definition) is 2. The van der Waals surface area contributed by atoms with Gasteiger partial charge in [0.05, 0.1) is 6.61 Å². The lowest BCUT2D eigenvalue weighted by atomic mass is 10.1. The van der Waals surface area contributed by atoms with Crippen LogP contribution in [0.2, 0.25) is 0 Å². The summed E-state index contributed by atoms with van der Waals surface area (Å²) in [7, 11) is 0. The second kappa shape index (κ2) is 3.71. The number of aliphatic hydroxyl groups excluding tert-OH is 2. The van der Waals surface area contributed by atoms with Crippen molar-refractivity contribution in [3.05, 3.63) is 0 Å². The molecule has 2 N–H and O–H groups in total. The third-order valence-electron chi connectivity index (χ3n) is 1.84. The molecule has 1 heterocycles. The highest BCUT2D eigenvalue weighted by molar-refractivity contribution is 5.85. The van der Waals surface area contributed by atoms with Crippen LogP contribution in [0.1, 0.15) is 13.8 Å². The summed E-state index contributed by atoms with van der Waals surface area (Å²) in [6.45, 7) is 2.42. The van der Waals surface area contributed by atoms with Crippen molar-refractivity contribution < 1.29 is 24.5 Å². The fourth-order valence-electron chi connectivity index (χ4n) is 1.33. The number of hydrogen-bond acceptors (Lipinski definition) is 5. The van der Waals surface area contributed by atoms with Crippen molar-refractivity contribution >= 4 is 5.78 Å². The van der Waals surface area contributed by atoms with E-state index in [9.17, 15) is 4.79 Å². The number of aliphatic hydroxyl groups is 2. The van der Waals surface area contributed by atoms with E-state index >= 15 is 0 Å². The molecule has 0 radical (unpaired) electrons. The molecular formula is C8H14O5. The summed E-state index contributed by atoms with van der Waals surface area (Å²) in [5, 5.41) is 17.5. The Kier molecular flexibility index (Phi) is 3.02. The third kappa shape index (κ3) is 2.25. The molecule has 0 aliphatic carbocycles. The molecule has 0 aromatic heterocycles. The molecule has 13 heavy (non-hydrogen) atoms. The van der Waals surface area contributed by atoms with Gasteiger partial charge in [-0.1, -0.05) is 0 Å². The van der Waals surface area contributed by atoms with E-state index in [1.807, 2.05) is 0 Å². The Labute approximate surface area is 76.3 Å². The zero-order valence-electron chi connectivity index (χ0n) is 7.69. The Morgan fingerprint density at radius 2 is 2.00 bits per heavy atom. The Morgan fingerprint density at radius 1 is 1.38 bits per heavy atom. The molecule has 0 aromatic rings. The topological polar surface area (TPSA) is 76.0 Å². The van der Waals surface area contributed by atoms with Crippen LogP contribution in [0, 0.1) is 0 Å². The van der Waals surface area contributed by atoms with Crippen LogP contribution in [0.3, 0.4) is 0 Å². The zero-order chi connectivity index (χ0) is 10.1. The first-order valence-electron chi connectivity index (χ1n) is 4.10. The Bertz CT molecular complexity index is 201. The van der Waals surface area contributed by atoms with E-state index < -0.39 is 30.4 Å². The summed E-state index contributed by atoms with van der Waals surface area (Å²) < 4.78 is 10.4. The first-order valence-corrected chi connectivity index (χ1v) is 4.10. The van der Waals surface area contributed by atoms with Crippen LogP contribution in [0.4, 0.5) is 0 Å². The summed E-state index contributed by atoms with van der Waals surface area (Å²) in [6.07, 6.45) is -1.53. The van der Waals surface area contributed by atoms with Gasteiger partial charge >= 0.3 is 0 Å². The summed E-state index contributed by atoms with van der Waals surface area (Å²) in [5.41, 5.74) is 0. The van der Waals surface area contributed by atoms with Gasteiger partial charge in [-0.25, -0.2) is 0 Å². The highest BCUT2D eigenvalue weighted by Crippen LogP contribution is 2.28. The highest BCUT2D eigenvalue weighted by atomic mass is 16.8. The molecule has 5 heteroatoms. The van der Waals surface area contributed by atoms with Gasteiger partial charge in [0.2, 0.25) is 0 Å². The smallest absolute Gasteiger partial charge is 0.189 e. The monoisotopic (exact) mass is 190 g/mol. The molecule has 1 fully saturated rings. The molecule has 1 saturated heterocycles. The molecule has 0 unspecified atom stereocenters. The minimum absolute atomic E-state index is 0.292. The number of carbonyl (C=O) groups excluding carboxylic acids is 1. The fraction of sp³-hybridized carbons (Fsp3) is 0.875. The van der Waals surface area contributed by atoms with Gasteiger partial charge < -0.3 is 19.7 Å². The van der Waals surface area contributed by atoms with Crippen molar-refractivity contribution in [2.24, 2.45) is 0 Å². The predicted octanol–water partition coefficient (Wildman–Crippen LogP) is -0.940. The first-order chi connectivity index (χ1) is 6.00. The van der Waals surface area contributed by atoms with Crippen LogP contribution in [0.25, 0.3) is 0 Å². The van der Waals surface area contributed by atoms with Crippen molar-refractivity contribution in [1.29, 1.82) is 0 Å². The van der Waals surface area contributed by atoms with Gasteiger partial charge in [0.1, 0.15) is 18.8 Å². The number of ketones is 1. The van der Waals surface area contributed by atoms with Crippen molar-refractivity contribution in [3.63, 3.8) is 0 Å². The first kappa shape index (κ1) is 10.6. The molecule has 1 aliphatic heterocycles. The Balaban J connectivity index is 2.69. The Hall–Kier alpha value is -0.490. The maximum atomic E-state index is 11.1. The van der Waals surface area contributed by atoms with Gasteiger partial charge in [-0.3, -0.25) is 4.79 Å². The second-order valence-corrected chi connectivity index (χ2v) is 3.40. The predicted molar refractivity (Wildman–Crippen MR) is 43.0 cm³/mol. The quantitative estimate of drug-likeness (QED) is 0.600. The van der Waals surface area contributed by atoms with Crippen LogP contribution in [-0.4, -0.2) is 47.2 Å². The van der Waals surface area contributed by atoms with Crippen molar-refractivity contribution in [3.8, 4) is 0 Å². The number of Topliss-reactive ketones (excluding diaryl/α,β-unsaturated/α-hetero) is 1. The molecule has 0 amide bonds. The SMILES string of the molecule is CC1(C)O[C@H](CO)[C@H](C(=O)CO)O1.